The van der Waals surface area contributed by atoms with Crippen LogP contribution in [0.2, 0.25) is 0 Å². The minimum Gasteiger partial charge on any atom is -0.376 e. The molecule has 0 fully saturated rings. The fourth-order valence-electron chi connectivity index (χ4n) is 2.51. The van der Waals surface area contributed by atoms with Crippen LogP contribution in [0.4, 0.5) is 11.4 Å². The van der Waals surface area contributed by atoms with Crippen molar-refractivity contribution >= 4 is 35.1 Å². The van der Waals surface area contributed by atoms with Crippen LogP contribution in [0.25, 0.3) is 12.2 Å². The zero-order valence-corrected chi connectivity index (χ0v) is 16.7. The topological polar surface area (TPSA) is 81.1 Å². The van der Waals surface area contributed by atoms with Crippen molar-refractivity contribution in [1.82, 2.24) is 0 Å². The lowest BCUT2D eigenvalue weighted by molar-refractivity contribution is -0.121. The van der Waals surface area contributed by atoms with Crippen LogP contribution >= 0.6 is 0 Å². The Morgan fingerprint density at radius 3 is 1.38 bits per heavy atom. The lowest BCUT2D eigenvalue weighted by atomic mass is 10.1. The predicted molar refractivity (Wildman–Crippen MR) is 117 cm³/mol. The zero-order chi connectivity index (χ0) is 21.2. The highest BCUT2D eigenvalue weighted by atomic mass is 16.3. The Labute approximate surface area is 171 Å². The van der Waals surface area contributed by atoms with Crippen LogP contribution in [-0.4, -0.2) is 49.3 Å². The van der Waals surface area contributed by atoms with Gasteiger partial charge in [-0.25, -0.2) is 0 Å². The summed E-state index contributed by atoms with van der Waals surface area (Å²) in [6, 6.07) is 14.7. The number of hydrogen-bond acceptors (Lipinski definition) is 6. The molecule has 0 saturated carbocycles. The molecule has 0 heterocycles. The fourth-order valence-corrected chi connectivity index (χ4v) is 2.51. The third-order valence-electron chi connectivity index (χ3n) is 4.36. The molecule has 6 nitrogen and oxygen atoms in total. The van der Waals surface area contributed by atoms with Crippen LogP contribution in [0.3, 0.4) is 0 Å². The third kappa shape index (κ3) is 7.03. The van der Waals surface area contributed by atoms with Crippen molar-refractivity contribution in [2.45, 2.75) is 6.42 Å². The molecule has 0 aromatic heterocycles. The quantitative estimate of drug-likeness (QED) is 0.366. The Bertz CT molecular complexity index is 797. The maximum absolute atomic E-state index is 12.0. The Balaban J connectivity index is 1.87. The predicted octanol–water partition coefficient (Wildman–Crippen LogP) is 2.71. The van der Waals surface area contributed by atoms with Gasteiger partial charge in [-0.1, -0.05) is 36.4 Å². The molecule has 0 bridgehead atoms. The number of benzene rings is 2. The van der Waals surface area contributed by atoms with E-state index in [1.54, 1.807) is 36.0 Å². The van der Waals surface area contributed by atoms with E-state index in [1.165, 1.54) is 12.2 Å². The van der Waals surface area contributed by atoms with Crippen molar-refractivity contribution in [3.63, 3.8) is 0 Å². The number of ketones is 2. The molecule has 0 atom stereocenters. The Morgan fingerprint density at radius 2 is 1.07 bits per heavy atom. The van der Waals surface area contributed by atoms with E-state index in [-0.39, 0.29) is 31.4 Å². The molecule has 29 heavy (non-hydrogen) atoms. The molecule has 2 rings (SSSR count). The lowest BCUT2D eigenvalue weighted by Crippen LogP contribution is -2.17. The van der Waals surface area contributed by atoms with Crippen LogP contribution in [0.5, 0.6) is 0 Å². The summed E-state index contributed by atoms with van der Waals surface area (Å²) in [5.41, 5.74) is 3.41. The number of aliphatic hydroxyl groups is 2. The van der Waals surface area contributed by atoms with Crippen molar-refractivity contribution in [2.24, 2.45) is 0 Å². The van der Waals surface area contributed by atoms with Gasteiger partial charge in [0, 0.05) is 25.5 Å². The van der Waals surface area contributed by atoms with Crippen molar-refractivity contribution in [1.29, 1.82) is 0 Å². The van der Waals surface area contributed by atoms with Gasteiger partial charge in [0.2, 0.25) is 0 Å². The van der Waals surface area contributed by atoms with Gasteiger partial charge in [0.25, 0.3) is 0 Å². The third-order valence-corrected chi connectivity index (χ3v) is 4.36. The standard InChI is InChI=1S/C23H26N2O4/c1-24(16-26)20-9-3-18(4-10-20)7-13-22(28)15-23(29)14-8-19-5-11-21(12-6-19)25(2)17-27/h3-14,26-27H,15-17H2,1-2H3/b13-7+,14-8+. The van der Waals surface area contributed by atoms with Crippen molar-refractivity contribution in [2.75, 3.05) is 37.4 Å². The summed E-state index contributed by atoms with van der Waals surface area (Å²) in [6.07, 6.45) is 5.94. The maximum atomic E-state index is 12.0. The van der Waals surface area contributed by atoms with E-state index in [0.29, 0.717) is 0 Å². The molecule has 0 aliphatic heterocycles. The summed E-state index contributed by atoms with van der Waals surface area (Å²) in [6.45, 7) is -0.152. The molecular weight excluding hydrogens is 368 g/mol. The van der Waals surface area contributed by atoms with Gasteiger partial charge in [0.05, 0.1) is 6.42 Å². The summed E-state index contributed by atoms with van der Waals surface area (Å²) >= 11 is 0. The van der Waals surface area contributed by atoms with E-state index < -0.39 is 0 Å². The Hall–Kier alpha value is -3.22. The summed E-state index contributed by atoms with van der Waals surface area (Å²) in [5.74, 6) is -0.535. The number of hydrogen-bond donors (Lipinski definition) is 2. The molecule has 0 aliphatic rings. The zero-order valence-electron chi connectivity index (χ0n) is 16.7. The van der Waals surface area contributed by atoms with Gasteiger partial charge in [-0.3, -0.25) is 9.59 Å². The minimum absolute atomic E-state index is 0.0762. The van der Waals surface area contributed by atoms with Gasteiger partial charge in [-0.2, -0.15) is 0 Å². The molecule has 0 unspecified atom stereocenters. The monoisotopic (exact) mass is 394 g/mol. The molecule has 0 aliphatic carbocycles. The molecular formula is C23H26N2O4. The highest BCUT2D eigenvalue weighted by Gasteiger charge is 2.04. The Kier molecular flexibility index (Phi) is 8.33. The smallest absolute Gasteiger partial charge is 0.163 e. The highest BCUT2D eigenvalue weighted by molar-refractivity contribution is 6.10. The van der Waals surface area contributed by atoms with E-state index in [0.717, 1.165) is 22.5 Å². The van der Waals surface area contributed by atoms with Crippen molar-refractivity contribution < 1.29 is 19.8 Å². The molecule has 2 N–H and O–H groups in total. The molecule has 152 valence electrons. The lowest BCUT2D eigenvalue weighted by Gasteiger charge is -2.15. The SMILES string of the molecule is CN(CO)c1ccc(/C=C/C(=O)CC(=O)/C=C/c2ccc(N(C)CO)cc2)cc1. The van der Waals surface area contributed by atoms with Gasteiger partial charge in [-0.05, 0) is 47.5 Å². The van der Waals surface area contributed by atoms with Crippen LogP contribution in [0, 0.1) is 0 Å². The molecule has 6 heteroatoms. The molecule has 0 radical (unpaired) electrons. The van der Waals surface area contributed by atoms with Crippen LogP contribution in [0.1, 0.15) is 17.5 Å². The molecule has 0 amide bonds. The van der Waals surface area contributed by atoms with Gasteiger partial charge >= 0.3 is 0 Å². The highest BCUT2D eigenvalue weighted by Crippen LogP contribution is 2.15. The van der Waals surface area contributed by atoms with E-state index in [4.69, 9.17) is 10.2 Å². The summed E-state index contributed by atoms with van der Waals surface area (Å²) in [5, 5.41) is 18.2. The summed E-state index contributed by atoms with van der Waals surface area (Å²) in [7, 11) is 3.55. The number of aliphatic hydroxyl groups excluding tert-OH is 2. The average molecular weight is 394 g/mol. The number of rotatable bonds is 10. The molecule has 2 aromatic carbocycles. The van der Waals surface area contributed by atoms with E-state index in [2.05, 4.69) is 0 Å². The van der Waals surface area contributed by atoms with E-state index in [9.17, 15) is 9.59 Å². The maximum Gasteiger partial charge on any atom is 0.163 e. The molecule has 2 aromatic rings. The number of carbonyl (C=O) groups is 2. The van der Waals surface area contributed by atoms with Gasteiger partial charge in [0.1, 0.15) is 13.5 Å². The van der Waals surface area contributed by atoms with E-state index in [1.807, 2.05) is 48.5 Å². The first-order valence-electron chi connectivity index (χ1n) is 9.19. The van der Waals surface area contributed by atoms with Crippen LogP contribution in [0.15, 0.2) is 60.7 Å². The minimum atomic E-state index is -0.267. The second-order valence-electron chi connectivity index (χ2n) is 6.64. The Morgan fingerprint density at radius 1 is 0.724 bits per heavy atom. The number of allylic oxidation sites excluding steroid dienone is 2. The second kappa shape index (κ2) is 10.9. The van der Waals surface area contributed by atoms with Crippen LogP contribution in [-0.2, 0) is 9.59 Å². The van der Waals surface area contributed by atoms with Crippen molar-refractivity contribution in [3.05, 3.63) is 71.8 Å². The summed E-state index contributed by atoms with van der Waals surface area (Å²) < 4.78 is 0. The average Bonchev–Trinajstić information content (AvgIpc) is 2.75. The van der Waals surface area contributed by atoms with Gasteiger partial charge in [-0.15, -0.1) is 0 Å². The second-order valence-corrected chi connectivity index (χ2v) is 6.64. The van der Waals surface area contributed by atoms with Gasteiger partial charge < -0.3 is 20.0 Å². The van der Waals surface area contributed by atoms with Gasteiger partial charge in [0.15, 0.2) is 11.6 Å². The largest absolute Gasteiger partial charge is 0.376 e. The first-order chi connectivity index (χ1) is 13.9. The number of anilines is 2. The first-order valence-corrected chi connectivity index (χ1v) is 9.19. The fraction of sp³-hybridized carbons (Fsp3) is 0.217. The van der Waals surface area contributed by atoms with Crippen molar-refractivity contribution in [3.8, 4) is 0 Å². The number of nitrogens with zero attached hydrogens (tertiary/aromatic N) is 2. The molecule has 0 saturated heterocycles. The first kappa shape index (κ1) is 22.1. The molecule has 0 spiro atoms. The normalized spacial score (nSPS) is 11.2. The van der Waals surface area contributed by atoms with Crippen LogP contribution < -0.4 is 9.80 Å². The van der Waals surface area contributed by atoms with E-state index >= 15 is 0 Å². The number of carbonyl (C=O) groups excluding carboxylic acids is 2. The summed E-state index contributed by atoms with van der Waals surface area (Å²) in [4.78, 5) is 27.4.